The highest BCUT2D eigenvalue weighted by Crippen LogP contribution is 2.10. The maximum atomic E-state index is 12.1. The van der Waals surface area contributed by atoms with Crippen LogP contribution in [-0.4, -0.2) is 36.4 Å². The Morgan fingerprint density at radius 2 is 0.977 bits per heavy atom. The number of carbonyl (C=O) groups is 2. The first-order valence-corrected chi connectivity index (χ1v) is 17.5. The first kappa shape index (κ1) is 41.3. The van der Waals surface area contributed by atoms with Crippen molar-refractivity contribution in [3.8, 4) is 0 Å². The second-order valence-corrected chi connectivity index (χ2v) is 11.2. The summed E-state index contributed by atoms with van der Waals surface area (Å²) in [6, 6.07) is 0. The first-order valence-electron chi connectivity index (χ1n) is 17.5. The summed E-state index contributed by atoms with van der Waals surface area (Å²) >= 11 is 0. The van der Waals surface area contributed by atoms with E-state index in [1.54, 1.807) is 0 Å². The Bertz CT molecular complexity index is 833. The molecule has 0 unspecified atom stereocenters. The number of hydrogen-bond donors (Lipinski definition) is 1. The predicted molar refractivity (Wildman–Crippen MR) is 186 cm³/mol. The van der Waals surface area contributed by atoms with Crippen molar-refractivity contribution < 1.29 is 24.2 Å². The zero-order chi connectivity index (χ0) is 32.2. The number of hydrogen-bond acceptors (Lipinski definition) is 5. The quantitative estimate of drug-likeness (QED) is 0.0496. The Kier molecular flexibility index (Phi) is 32.7. The van der Waals surface area contributed by atoms with E-state index < -0.39 is 6.10 Å². The normalized spacial score (nSPS) is 13.1. The molecule has 0 saturated carbocycles. The van der Waals surface area contributed by atoms with E-state index in [9.17, 15) is 14.7 Å². The number of aliphatic hydroxyl groups is 1. The van der Waals surface area contributed by atoms with Crippen LogP contribution in [0.3, 0.4) is 0 Å². The molecule has 1 atom stereocenters. The fraction of sp³-hybridized carbons (Fsp3) is 0.641. The molecule has 0 aliphatic rings. The molecule has 0 spiro atoms. The minimum Gasteiger partial charge on any atom is -0.462 e. The summed E-state index contributed by atoms with van der Waals surface area (Å²) in [5.41, 5.74) is 0. The van der Waals surface area contributed by atoms with E-state index in [-0.39, 0.29) is 25.2 Å². The van der Waals surface area contributed by atoms with Gasteiger partial charge < -0.3 is 14.6 Å². The molecule has 5 nitrogen and oxygen atoms in total. The largest absolute Gasteiger partial charge is 0.462 e. The first-order chi connectivity index (χ1) is 21.6. The highest BCUT2D eigenvalue weighted by atomic mass is 16.6. The fourth-order valence-electron chi connectivity index (χ4n) is 4.32. The number of ether oxygens (including phenoxy) is 2. The molecular formula is C39H64O5. The van der Waals surface area contributed by atoms with Gasteiger partial charge >= 0.3 is 11.9 Å². The summed E-state index contributed by atoms with van der Waals surface area (Å²) in [5.74, 6) is -0.649. The Labute approximate surface area is 270 Å². The molecule has 0 amide bonds. The lowest BCUT2D eigenvalue weighted by atomic mass is 10.1. The molecule has 0 bridgehead atoms. The lowest BCUT2D eigenvalue weighted by molar-refractivity contribution is -0.161. The third-order valence-corrected chi connectivity index (χ3v) is 6.98. The summed E-state index contributed by atoms with van der Waals surface area (Å²) in [5, 5.41) is 9.51. The lowest BCUT2D eigenvalue weighted by Crippen LogP contribution is -2.28. The Morgan fingerprint density at radius 3 is 1.52 bits per heavy atom. The molecule has 0 aromatic carbocycles. The van der Waals surface area contributed by atoms with E-state index >= 15 is 0 Å². The predicted octanol–water partition coefficient (Wildman–Crippen LogP) is 10.6. The molecule has 0 aliphatic carbocycles. The molecule has 5 heteroatoms. The maximum Gasteiger partial charge on any atom is 0.306 e. The average molecular weight is 613 g/mol. The van der Waals surface area contributed by atoms with Gasteiger partial charge in [0.25, 0.3) is 0 Å². The van der Waals surface area contributed by atoms with Gasteiger partial charge in [-0.05, 0) is 77.0 Å². The molecule has 0 aliphatic heterocycles. The van der Waals surface area contributed by atoms with Gasteiger partial charge in [-0.25, -0.2) is 0 Å². The summed E-state index contributed by atoms with van der Waals surface area (Å²) in [6.45, 7) is 3.92. The molecule has 0 rings (SSSR count). The van der Waals surface area contributed by atoms with Gasteiger partial charge in [-0.15, -0.1) is 0 Å². The summed E-state index contributed by atoms with van der Waals surface area (Å²) < 4.78 is 10.5. The van der Waals surface area contributed by atoms with Crippen molar-refractivity contribution >= 4 is 11.9 Å². The smallest absolute Gasteiger partial charge is 0.306 e. The molecule has 0 heterocycles. The van der Waals surface area contributed by atoms with Gasteiger partial charge in [0.15, 0.2) is 6.10 Å². The Balaban J connectivity index is 3.70. The van der Waals surface area contributed by atoms with Gasteiger partial charge in [0.05, 0.1) is 6.61 Å². The summed E-state index contributed by atoms with van der Waals surface area (Å²) in [6.07, 6.45) is 45.3. The van der Waals surface area contributed by atoms with Crippen LogP contribution in [0.5, 0.6) is 0 Å². The number of aliphatic hydroxyl groups excluding tert-OH is 1. The lowest BCUT2D eigenvalue weighted by Gasteiger charge is -2.15. The van der Waals surface area contributed by atoms with Gasteiger partial charge in [0, 0.05) is 12.8 Å². The van der Waals surface area contributed by atoms with Crippen LogP contribution in [0.4, 0.5) is 0 Å². The van der Waals surface area contributed by atoms with E-state index in [0.717, 1.165) is 83.5 Å². The average Bonchev–Trinajstić information content (AvgIpc) is 3.02. The van der Waals surface area contributed by atoms with Gasteiger partial charge in [0.1, 0.15) is 6.61 Å². The second-order valence-electron chi connectivity index (χ2n) is 11.2. The van der Waals surface area contributed by atoms with Gasteiger partial charge in [-0.1, -0.05) is 125 Å². The zero-order valence-electron chi connectivity index (χ0n) is 28.1. The van der Waals surface area contributed by atoms with Crippen LogP contribution in [-0.2, 0) is 19.1 Å². The molecule has 0 saturated heterocycles. The standard InChI is InChI=1S/C39H64O5/c1-3-5-7-9-11-13-15-16-17-18-19-20-21-22-24-26-28-30-32-34-39(42)44-37(35-40)36-43-38(41)33-31-29-27-25-23-14-12-10-8-6-4-2/h5,7,10-13,16-17,19-20,22,24,37,40H,3-4,6,8-9,14-15,18,21,23,25-36H2,1-2H3/b7-5+,12-10+,13-11+,17-16+,20-19+,24-22+/t37-/m0/s1. The van der Waals surface area contributed by atoms with Crippen LogP contribution in [0.25, 0.3) is 0 Å². The van der Waals surface area contributed by atoms with Crippen molar-refractivity contribution in [1.29, 1.82) is 0 Å². The van der Waals surface area contributed by atoms with Crippen molar-refractivity contribution in [2.75, 3.05) is 13.2 Å². The van der Waals surface area contributed by atoms with Crippen LogP contribution in [0.15, 0.2) is 72.9 Å². The van der Waals surface area contributed by atoms with Crippen LogP contribution in [0.1, 0.15) is 142 Å². The third-order valence-electron chi connectivity index (χ3n) is 6.98. The van der Waals surface area contributed by atoms with Crippen LogP contribution < -0.4 is 0 Å². The number of allylic oxidation sites excluding steroid dienone is 12. The van der Waals surface area contributed by atoms with Gasteiger partial charge in [-0.3, -0.25) is 9.59 Å². The van der Waals surface area contributed by atoms with E-state index in [0.29, 0.717) is 12.8 Å². The zero-order valence-corrected chi connectivity index (χ0v) is 28.1. The molecule has 0 fully saturated rings. The summed E-state index contributed by atoms with van der Waals surface area (Å²) in [7, 11) is 0. The van der Waals surface area contributed by atoms with E-state index in [1.165, 1.54) is 32.1 Å². The number of esters is 2. The van der Waals surface area contributed by atoms with Crippen LogP contribution in [0, 0.1) is 0 Å². The van der Waals surface area contributed by atoms with Crippen molar-refractivity contribution in [3.05, 3.63) is 72.9 Å². The van der Waals surface area contributed by atoms with Crippen molar-refractivity contribution in [1.82, 2.24) is 0 Å². The van der Waals surface area contributed by atoms with E-state index in [1.807, 2.05) is 0 Å². The van der Waals surface area contributed by atoms with Crippen LogP contribution >= 0.6 is 0 Å². The summed E-state index contributed by atoms with van der Waals surface area (Å²) in [4.78, 5) is 24.1. The minimum absolute atomic E-state index is 0.0878. The van der Waals surface area contributed by atoms with Gasteiger partial charge in [-0.2, -0.15) is 0 Å². The highest BCUT2D eigenvalue weighted by Gasteiger charge is 2.16. The Hall–Kier alpha value is -2.66. The topological polar surface area (TPSA) is 72.8 Å². The monoisotopic (exact) mass is 612 g/mol. The molecule has 44 heavy (non-hydrogen) atoms. The third kappa shape index (κ3) is 32.3. The Morgan fingerprint density at radius 1 is 0.545 bits per heavy atom. The molecular weight excluding hydrogens is 548 g/mol. The minimum atomic E-state index is -0.793. The van der Waals surface area contributed by atoms with Crippen molar-refractivity contribution in [3.63, 3.8) is 0 Å². The number of carbonyl (C=O) groups excluding carboxylic acids is 2. The molecule has 0 aromatic rings. The fourth-order valence-corrected chi connectivity index (χ4v) is 4.32. The van der Waals surface area contributed by atoms with E-state index in [4.69, 9.17) is 9.47 Å². The van der Waals surface area contributed by atoms with Crippen LogP contribution in [0.2, 0.25) is 0 Å². The maximum absolute atomic E-state index is 12.1. The number of rotatable bonds is 30. The molecule has 1 N–H and O–H groups in total. The number of unbranched alkanes of at least 4 members (excludes halogenated alkanes) is 10. The SMILES string of the molecule is CC/C=C/C/C=C/C/C=C/C/C=C/C/C=C/CCCCCC(=O)O[C@@H](CO)COC(=O)CCCCCCC/C=C/CCCC. The molecule has 250 valence electrons. The van der Waals surface area contributed by atoms with Crippen molar-refractivity contribution in [2.45, 2.75) is 148 Å². The molecule has 0 radical (unpaired) electrons. The van der Waals surface area contributed by atoms with E-state index in [2.05, 4.69) is 86.8 Å². The highest BCUT2D eigenvalue weighted by molar-refractivity contribution is 5.70. The van der Waals surface area contributed by atoms with Gasteiger partial charge in [0.2, 0.25) is 0 Å². The van der Waals surface area contributed by atoms with Crippen molar-refractivity contribution in [2.24, 2.45) is 0 Å². The molecule has 0 aromatic heterocycles. The second kappa shape index (κ2) is 34.8.